The van der Waals surface area contributed by atoms with Crippen LogP contribution in [-0.2, 0) is 4.79 Å². The highest BCUT2D eigenvalue weighted by atomic mass is 32.2. The lowest BCUT2D eigenvalue weighted by molar-refractivity contribution is -0.118. The third-order valence-corrected chi connectivity index (χ3v) is 4.99. The molecule has 0 atom stereocenters. The molecule has 1 aromatic heterocycles. The Labute approximate surface area is 140 Å². The van der Waals surface area contributed by atoms with Crippen LogP contribution in [0.2, 0.25) is 0 Å². The number of rotatable bonds is 7. The number of aromatic amines is 1. The predicted octanol–water partition coefficient (Wildman–Crippen LogP) is 2.53. The number of unbranched alkanes of at least 4 members (excludes halogenated alkanes) is 1. The number of hydrogen-bond donors (Lipinski definition) is 3. The first kappa shape index (κ1) is 17.8. The Hall–Kier alpha value is -1.50. The summed E-state index contributed by atoms with van der Waals surface area (Å²) in [5, 5.41) is 13.2. The molecule has 7 heteroatoms. The van der Waals surface area contributed by atoms with Crippen molar-refractivity contribution in [2.45, 2.75) is 62.9 Å². The van der Waals surface area contributed by atoms with E-state index in [-0.39, 0.29) is 34.2 Å². The quantitative estimate of drug-likeness (QED) is 0.403. The minimum Gasteiger partial charge on any atom is -0.493 e. The van der Waals surface area contributed by atoms with E-state index < -0.39 is 0 Å². The minimum absolute atomic E-state index is 0.0939. The monoisotopic (exact) mass is 339 g/mol. The SMILES string of the molecule is CCCCNC(=O)CSc1nc(O)c(C2CCCCC2)c(=O)[nH]1. The largest absolute Gasteiger partial charge is 0.493 e. The van der Waals surface area contributed by atoms with E-state index in [9.17, 15) is 14.7 Å². The molecule has 2 rings (SSSR count). The maximum absolute atomic E-state index is 12.2. The molecule has 0 bridgehead atoms. The summed E-state index contributed by atoms with van der Waals surface area (Å²) in [4.78, 5) is 30.7. The van der Waals surface area contributed by atoms with Crippen LogP contribution in [0.5, 0.6) is 5.88 Å². The number of carbonyl (C=O) groups is 1. The van der Waals surface area contributed by atoms with Crippen LogP contribution in [0.25, 0.3) is 0 Å². The Morgan fingerprint density at radius 1 is 1.39 bits per heavy atom. The number of nitrogens with one attached hydrogen (secondary N) is 2. The predicted molar refractivity (Wildman–Crippen MR) is 91.0 cm³/mol. The van der Waals surface area contributed by atoms with Crippen molar-refractivity contribution in [3.63, 3.8) is 0 Å². The van der Waals surface area contributed by atoms with E-state index in [0.717, 1.165) is 50.3 Å². The summed E-state index contributed by atoms with van der Waals surface area (Å²) >= 11 is 1.13. The lowest BCUT2D eigenvalue weighted by Gasteiger charge is -2.21. The lowest BCUT2D eigenvalue weighted by atomic mass is 9.85. The molecule has 0 radical (unpaired) electrons. The van der Waals surface area contributed by atoms with E-state index >= 15 is 0 Å². The highest BCUT2D eigenvalue weighted by Gasteiger charge is 2.23. The lowest BCUT2D eigenvalue weighted by Crippen LogP contribution is -2.26. The van der Waals surface area contributed by atoms with Gasteiger partial charge in [-0.25, -0.2) is 0 Å². The standard InChI is InChI=1S/C16H25N3O3S/c1-2-3-9-17-12(20)10-23-16-18-14(21)13(15(22)19-16)11-7-5-4-6-8-11/h11H,2-10H2,1H3,(H,17,20)(H2,18,19,21,22). The molecule has 1 heterocycles. The maximum atomic E-state index is 12.2. The number of hydrogen-bond acceptors (Lipinski definition) is 5. The fourth-order valence-electron chi connectivity index (χ4n) is 2.87. The van der Waals surface area contributed by atoms with Crippen LogP contribution in [0.1, 0.15) is 63.4 Å². The topological polar surface area (TPSA) is 95.1 Å². The fourth-order valence-corrected chi connectivity index (χ4v) is 3.55. The van der Waals surface area contributed by atoms with Crippen molar-refractivity contribution < 1.29 is 9.90 Å². The van der Waals surface area contributed by atoms with Gasteiger partial charge in [0.15, 0.2) is 5.16 Å². The van der Waals surface area contributed by atoms with Crippen LogP contribution >= 0.6 is 11.8 Å². The van der Waals surface area contributed by atoms with Crippen LogP contribution in [0, 0.1) is 0 Å². The smallest absolute Gasteiger partial charge is 0.258 e. The van der Waals surface area contributed by atoms with Gasteiger partial charge >= 0.3 is 0 Å². The van der Waals surface area contributed by atoms with E-state index in [1.54, 1.807) is 0 Å². The van der Waals surface area contributed by atoms with Gasteiger partial charge in [0, 0.05) is 6.54 Å². The van der Waals surface area contributed by atoms with Gasteiger partial charge in [-0.1, -0.05) is 44.4 Å². The highest BCUT2D eigenvalue weighted by Crippen LogP contribution is 2.34. The molecule has 0 saturated heterocycles. The van der Waals surface area contributed by atoms with Crippen LogP contribution in [-0.4, -0.2) is 33.3 Å². The van der Waals surface area contributed by atoms with Gasteiger partial charge in [-0.3, -0.25) is 9.59 Å². The van der Waals surface area contributed by atoms with Crippen LogP contribution < -0.4 is 10.9 Å². The minimum atomic E-state index is -0.279. The molecular weight excluding hydrogens is 314 g/mol. The second kappa shape index (κ2) is 8.96. The average molecular weight is 339 g/mol. The fraction of sp³-hybridized carbons (Fsp3) is 0.688. The van der Waals surface area contributed by atoms with E-state index in [0.29, 0.717) is 12.1 Å². The first-order chi connectivity index (χ1) is 11.1. The Morgan fingerprint density at radius 3 is 2.78 bits per heavy atom. The van der Waals surface area contributed by atoms with Crippen molar-refractivity contribution >= 4 is 17.7 Å². The van der Waals surface area contributed by atoms with Gasteiger partial charge in [0.2, 0.25) is 11.8 Å². The summed E-state index contributed by atoms with van der Waals surface area (Å²) in [7, 11) is 0. The number of H-pyrrole nitrogens is 1. The molecule has 1 aliphatic carbocycles. The Bertz CT molecular complexity index is 582. The molecule has 23 heavy (non-hydrogen) atoms. The van der Waals surface area contributed by atoms with Gasteiger partial charge in [0.1, 0.15) is 0 Å². The molecule has 3 N–H and O–H groups in total. The van der Waals surface area contributed by atoms with Gasteiger partial charge in [0.05, 0.1) is 11.3 Å². The molecule has 6 nitrogen and oxygen atoms in total. The number of carbonyl (C=O) groups excluding carboxylic acids is 1. The molecule has 1 aromatic rings. The van der Waals surface area contributed by atoms with E-state index in [1.807, 2.05) is 0 Å². The number of thioether (sulfide) groups is 1. The molecule has 1 aliphatic rings. The molecule has 128 valence electrons. The molecule has 1 saturated carbocycles. The number of aromatic nitrogens is 2. The zero-order valence-corrected chi connectivity index (χ0v) is 14.4. The van der Waals surface area contributed by atoms with Crippen molar-refractivity contribution in [1.29, 1.82) is 0 Å². The normalized spacial score (nSPS) is 15.5. The first-order valence-electron chi connectivity index (χ1n) is 8.34. The Balaban J connectivity index is 1.96. The van der Waals surface area contributed by atoms with Gasteiger partial charge in [-0.2, -0.15) is 4.98 Å². The van der Waals surface area contributed by atoms with E-state index in [4.69, 9.17) is 0 Å². The summed E-state index contributed by atoms with van der Waals surface area (Å²) in [5.74, 6) is -0.0117. The molecule has 0 aliphatic heterocycles. The van der Waals surface area contributed by atoms with Crippen LogP contribution in [0.15, 0.2) is 9.95 Å². The Morgan fingerprint density at radius 2 is 2.13 bits per heavy atom. The summed E-state index contributed by atoms with van der Waals surface area (Å²) in [6.07, 6.45) is 7.16. The van der Waals surface area contributed by atoms with Crippen molar-refractivity contribution in [3.05, 3.63) is 15.9 Å². The second-order valence-electron chi connectivity index (χ2n) is 5.94. The van der Waals surface area contributed by atoms with Crippen molar-refractivity contribution in [3.8, 4) is 5.88 Å². The second-order valence-corrected chi connectivity index (χ2v) is 6.90. The maximum Gasteiger partial charge on any atom is 0.258 e. The summed E-state index contributed by atoms with van der Waals surface area (Å²) < 4.78 is 0. The molecule has 0 unspecified atom stereocenters. The molecule has 0 aromatic carbocycles. The van der Waals surface area contributed by atoms with Crippen LogP contribution in [0.4, 0.5) is 0 Å². The highest BCUT2D eigenvalue weighted by molar-refractivity contribution is 7.99. The third kappa shape index (κ3) is 5.27. The number of aromatic hydroxyl groups is 1. The Kier molecular flexibility index (Phi) is 6.95. The van der Waals surface area contributed by atoms with Gasteiger partial charge in [-0.15, -0.1) is 0 Å². The molecular formula is C16H25N3O3S. The van der Waals surface area contributed by atoms with E-state index in [2.05, 4.69) is 22.2 Å². The van der Waals surface area contributed by atoms with E-state index in [1.165, 1.54) is 6.42 Å². The van der Waals surface area contributed by atoms with Crippen LogP contribution in [0.3, 0.4) is 0 Å². The average Bonchev–Trinajstić information content (AvgIpc) is 2.53. The summed E-state index contributed by atoms with van der Waals surface area (Å²) in [6.45, 7) is 2.72. The molecule has 1 amide bonds. The summed E-state index contributed by atoms with van der Waals surface area (Å²) in [5.41, 5.74) is 0.125. The number of amides is 1. The van der Waals surface area contributed by atoms with Crippen molar-refractivity contribution in [2.75, 3.05) is 12.3 Å². The number of nitrogens with zero attached hydrogens (tertiary/aromatic N) is 1. The zero-order valence-electron chi connectivity index (χ0n) is 13.6. The zero-order chi connectivity index (χ0) is 16.7. The molecule has 0 spiro atoms. The van der Waals surface area contributed by atoms with Gasteiger partial charge < -0.3 is 15.4 Å². The third-order valence-electron chi connectivity index (χ3n) is 4.12. The van der Waals surface area contributed by atoms with Crippen molar-refractivity contribution in [1.82, 2.24) is 15.3 Å². The molecule has 1 fully saturated rings. The first-order valence-corrected chi connectivity index (χ1v) is 9.33. The van der Waals surface area contributed by atoms with Gasteiger partial charge in [-0.05, 0) is 25.2 Å². The van der Waals surface area contributed by atoms with Gasteiger partial charge in [0.25, 0.3) is 5.56 Å². The summed E-state index contributed by atoms with van der Waals surface area (Å²) in [6, 6.07) is 0. The van der Waals surface area contributed by atoms with Crippen molar-refractivity contribution in [2.24, 2.45) is 0 Å².